The third kappa shape index (κ3) is 41.5. The summed E-state index contributed by atoms with van der Waals surface area (Å²) in [5, 5.41) is 87.5. The quantitative estimate of drug-likeness (QED) is 0.0454. The summed E-state index contributed by atoms with van der Waals surface area (Å²) in [4.78, 5) is 0. The maximum Gasteiger partial charge on any atom is 0.0596 e. The fourth-order valence-electron chi connectivity index (χ4n) is 21.6. The van der Waals surface area contributed by atoms with E-state index in [1.54, 1.807) is 0 Å². The monoisotopic (exact) mass is 1490 g/mol. The first-order valence-electron chi connectivity index (χ1n) is 47.6. The molecule has 0 heterocycles. The summed E-state index contributed by atoms with van der Waals surface area (Å²) < 4.78 is 0. The molecule has 630 valence electrons. The van der Waals surface area contributed by atoms with Crippen LogP contribution >= 0.6 is 0 Å². The molecule has 0 spiro atoms. The van der Waals surface area contributed by atoms with Crippen molar-refractivity contribution in [1.29, 1.82) is 0 Å². The van der Waals surface area contributed by atoms with E-state index in [1.807, 2.05) is 0 Å². The van der Waals surface area contributed by atoms with Crippen LogP contribution in [0.25, 0.3) is 0 Å². The third-order valence-electron chi connectivity index (χ3n) is 29.1. The molecule has 9 nitrogen and oxygen atoms in total. The molecular weight excluding hydrogens is 1300 g/mol. The maximum absolute atomic E-state index is 10.1. The molecule has 0 aliphatic heterocycles. The van der Waals surface area contributed by atoms with Crippen LogP contribution in [0, 0.1) is 107 Å². The molecular formula is C96H192O9. The molecule has 9 fully saturated rings. The van der Waals surface area contributed by atoms with Gasteiger partial charge in [0.15, 0.2) is 0 Å². The first-order chi connectivity index (χ1) is 50.5. The van der Waals surface area contributed by atoms with Crippen molar-refractivity contribution in [2.75, 3.05) is 0 Å². The molecule has 9 N–H and O–H groups in total. The normalized spacial score (nSPS) is 37.5. The van der Waals surface area contributed by atoms with Crippen molar-refractivity contribution in [2.24, 2.45) is 107 Å². The van der Waals surface area contributed by atoms with Crippen molar-refractivity contribution < 1.29 is 46.0 Å². The summed E-state index contributed by atoms with van der Waals surface area (Å²) in [7, 11) is 0. The standard InChI is InChI=1S/3C12H24O.6C10H20O/c1-3-6-10-8-5-9-11(7-4-2)12(10)13;1-3-5-10-7-8-12(13)11(9-10)6-4-2;1-3-5-10-7-8-11(6-4-2)12(13)9-10;1-3-8-5-9(4-2)7-10(11)6-8;1-3-8-5-6-10(11)7-9(8)4-2;1-3-8-5-6-10(11)9(4-2)7-8;1-3-8-5-6-9(4-2)10(11)7-8;1-3-8-6-5-7-10(11)9(8)4-2;1-3-8-6-5-7-9(4-2)10(8)11/h3*10-13H,3-9H2,1-2H3;6*8-11H,3-7H2,1-2H3. The van der Waals surface area contributed by atoms with Gasteiger partial charge in [-0.2, -0.15) is 0 Å². The SMILES string of the molecule is CCC1CC(O)CC(CC)C1.CCC1CCC(CC)C(O)C1.CCC1CCC(O)C(CC)C1.CCC1CCC(O)CC1CC.CCC1CCCC(CC)C1O.CCC1CCCC(O)C1CC.CCCC1CCC(CCC)C(O)C1.CCCC1CCC(O)C(CCC)C1.CCCC1CCCC(CCC)C1O. The fraction of sp³-hybridized carbons (Fsp3) is 1.00. The Morgan fingerprint density at radius 1 is 0.181 bits per heavy atom. The van der Waals surface area contributed by atoms with Gasteiger partial charge in [-0.3, -0.25) is 0 Å². The Morgan fingerprint density at radius 3 is 0.981 bits per heavy atom. The van der Waals surface area contributed by atoms with Crippen LogP contribution in [0.3, 0.4) is 0 Å². The molecule has 0 aromatic rings. The molecule has 0 aromatic carbocycles. The second kappa shape index (κ2) is 63.0. The van der Waals surface area contributed by atoms with Gasteiger partial charge in [0.2, 0.25) is 0 Å². The van der Waals surface area contributed by atoms with Crippen molar-refractivity contribution in [3.05, 3.63) is 0 Å². The van der Waals surface area contributed by atoms with E-state index in [2.05, 4.69) is 125 Å². The zero-order valence-electron chi connectivity index (χ0n) is 73.7. The molecule has 24 unspecified atom stereocenters. The minimum atomic E-state index is -0.00125. The minimum absolute atomic E-state index is 0.00116. The molecule has 24 atom stereocenters. The molecule has 0 aromatic heterocycles. The van der Waals surface area contributed by atoms with E-state index < -0.39 is 0 Å². The molecule has 9 saturated carbocycles. The predicted molar refractivity (Wildman–Crippen MR) is 454 cm³/mol. The summed E-state index contributed by atoms with van der Waals surface area (Å²) in [5.74, 6) is 12.9. The van der Waals surface area contributed by atoms with Crippen molar-refractivity contribution in [3.63, 3.8) is 0 Å². The molecule has 9 rings (SSSR count). The molecule has 9 aliphatic rings. The molecule has 0 amide bonds. The highest BCUT2D eigenvalue weighted by Gasteiger charge is 2.35. The average molecular weight is 1490 g/mol. The lowest BCUT2D eigenvalue weighted by Crippen LogP contribution is -2.33. The summed E-state index contributed by atoms with van der Waals surface area (Å²) in [6.45, 7) is 40.0. The Labute approximate surface area is 656 Å². The predicted octanol–water partition coefficient (Wildman–Crippen LogP) is 25.6. The lowest BCUT2D eigenvalue weighted by molar-refractivity contribution is 0.00980. The average Bonchev–Trinajstić information content (AvgIpc) is 0.873. The van der Waals surface area contributed by atoms with Gasteiger partial charge in [0.05, 0.1) is 54.9 Å². The van der Waals surface area contributed by atoms with Gasteiger partial charge in [-0.1, -0.05) is 285 Å². The second-order valence-electron chi connectivity index (χ2n) is 36.5. The van der Waals surface area contributed by atoms with Gasteiger partial charge in [0.1, 0.15) is 0 Å². The van der Waals surface area contributed by atoms with Gasteiger partial charge < -0.3 is 46.0 Å². The van der Waals surface area contributed by atoms with E-state index in [0.717, 1.165) is 143 Å². The third-order valence-corrected chi connectivity index (χ3v) is 29.1. The highest BCUT2D eigenvalue weighted by Crippen LogP contribution is 2.41. The zero-order valence-corrected chi connectivity index (χ0v) is 73.7. The van der Waals surface area contributed by atoms with Crippen molar-refractivity contribution in [1.82, 2.24) is 0 Å². The minimum Gasteiger partial charge on any atom is -0.393 e. The first kappa shape index (κ1) is 103. The molecule has 9 aliphatic carbocycles. The highest BCUT2D eigenvalue weighted by molar-refractivity contribution is 4.86. The topological polar surface area (TPSA) is 182 Å². The van der Waals surface area contributed by atoms with E-state index in [1.165, 1.54) is 238 Å². The molecule has 0 radical (unpaired) electrons. The van der Waals surface area contributed by atoms with Crippen molar-refractivity contribution in [3.8, 4) is 0 Å². The Bertz CT molecular complexity index is 1850. The van der Waals surface area contributed by atoms with Crippen LogP contribution in [0.4, 0.5) is 0 Å². The van der Waals surface area contributed by atoms with Crippen LogP contribution < -0.4 is 0 Å². The lowest BCUT2D eigenvalue weighted by atomic mass is 9.75. The van der Waals surface area contributed by atoms with Crippen LogP contribution in [-0.4, -0.2) is 101 Å². The van der Waals surface area contributed by atoms with Gasteiger partial charge >= 0.3 is 0 Å². The summed E-state index contributed by atoms with van der Waals surface area (Å²) in [6.07, 6.45) is 62.2. The van der Waals surface area contributed by atoms with Crippen LogP contribution in [0.2, 0.25) is 0 Å². The van der Waals surface area contributed by atoms with E-state index in [9.17, 15) is 46.0 Å². The van der Waals surface area contributed by atoms with E-state index >= 15 is 0 Å². The molecule has 0 saturated heterocycles. The smallest absolute Gasteiger partial charge is 0.0596 e. The van der Waals surface area contributed by atoms with E-state index in [-0.39, 0.29) is 54.9 Å². The first-order valence-corrected chi connectivity index (χ1v) is 47.6. The van der Waals surface area contributed by atoms with Gasteiger partial charge in [-0.25, -0.2) is 0 Å². The zero-order chi connectivity index (χ0) is 78.7. The largest absolute Gasteiger partial charge is 0.393 e. The summed E-state index contributed by atoms with van der Waals surface area (Å²) in [6, 6.07) is 0. The van der Waals surface area contributed by atoms with E-state index in [4.69, 9.17) is 0 Å². The Kier molecular flexibility index (Phi) is 61.6. The van der Waals surface area contributed by atoms with Crippen molar-refractivity contribution >= 4 is 0 Å². The van der Waals surface area contributed by atoms with Gasteiger partial charge in [-0.05, 0) is 273 Å². The lowest BCUT2D eigenvalue weighted by Gasteiger charge is -2.34. The van der Waals surface area contributed by atoms with Gasteiger partial charge in [-0.15, -0.1) is 0 Å². The van der Waals surface area contributed by atoms with Crippen LogP contribution in [-0.2, 0) is 0 Å². The van der Waals surface area contributed by atoms with Gasteiger partial charge in [0, 0.05) is 0 Å². The van der Waals surface area contributed by atoms with Crippen LogP contribution in [0.5, 0.6) is 0 Å². The number of aliphatic hydroxyl groups is 9. The van der Waals surface area contributed by atoms with Crippen molar-refractivity contribution in [2.45, 2.75) is 507 Å². The number of hydrogen-bond donors (Lipinski definition) is 9. The summed E-state index contributed by atoms with van der Waals surface area (Å²) in [5.41, 5.74) is 0. The molecule has 105 heavy (non-hydrogen) atoms. The Balaban J connectivity index is 0.000000591. The molecule has 9 heteroatoms. The van der Waals surface area contributed by atoms with E-state index in [0.29, 0.717) is 53.3 Å². The highest BCUT2D eigenvalue weighted by atomic mass is 16.3. The number of aliphatic hydroxyl groups excluding tert-OH is 9. The van der Waals surface area contributed by atoms with Crippen LogP contribution in [0.1, 0.15) is 452 Å². The Hall–Kier alpha value is -0.360. The summed E-state index contributed by atoms with van der Waals surface area (Å²) >= 11 is 0. The Morgan fingerprint density at radius 2 is 0.533 bits per heavy atom. The molecule has 0 bridgehead atoms. The van der Waals surface area contributed by atoms with Gasteiger partial charge in [0.25, 0.3) is 0 Å². The second-order valence-corrected chi connectivity index (χ2v) is 36.5. The fourth-order valence-corrected chi connectivity index (χ4v) is 21.6. The number of hydrogen-bond acceptors (Lipinski definition) is 9. The number of rotatable bonds is 24. The maximum atomic E-state index is 10.1. The van der Waals surface area contributed by atoms with Crippen LogP contribution in [0.15, 0.2) is 0 Å².